The first-order valence-electron chi connectivity index (χ1n) is 8.49. The van der Waals surface area contributed by atoms with Crippen LogP contribution in [0.25, 0.3) is 0 Å². The summed E-state index contributed by atoms with van der Waals surface area (Å²) in [5, 5.41) is 6.02. The zero-order valence-electron chi connectivity index (χ0n) is 14.5. The van der Waals surface area contributed by atoms with Crippen LogP contribution in [-0.2, 0) is 13.0 Å². The van der Waals surface area contributed by atoms with Gasteiger partial charge in [-0.1, -0.05) is 43.3 Å². The fourth-order valence-electron chi connectivity index (χ4n) is 2.66. The van der Waals surface area contributed by atoms with Crippen LogP contribution in [0, 0.1) is 5.82 Å². The molecule has 26 heavy (non-hydrogen) atoms. The average molecular weight is 349 g/mol. The maximum atomic E-state index is 13.6. The van der Waals surface area contributed by atoms with Crippen molar-refractivity contribution >= 4 is 17.3 Å². The van der Waals surface area contributed by atoms with E-state index in [2.05, 4.69) is 28.6 Å². The maximum absolute atomic E-state index is 13.6. The number of amides is 1. The molecule has 1 aromatic heterocycles. The number of carbonyl (C=O) groups excluding carboxylic acids is 1. The van der Waals surface area contributed by atoms with Crippen LogP contribution in [0.4, 0.5) is 15.8 Å². The van der Waals surface area contributed by atoms with Gasteiger partial charge < -0.3 is 10.6 Å². The lowest BCUT2D eigenvalue weighted by molar-refractivity contribution is 0.0950. The summed E-state index contributed by atoms with van der Waals surface area (Å²) in [6, 6.07) is 16.1. The van der Waals surface area contributed by atoms with Crippen LogP contribution < -0.4 is 10.6 Å². The quantitative estimate of drug-likeness (QED) is 0.691. The van der Waals surface area contributed by atoms with Gasteiger partial charge in [0.1, 0.15) is 5.82 Å². The number of hydrogen-bond acceptors (Lipinski definition) is 3. The number of aryl methyl sites for hydroxylation is 1. The maximum Gasteiger partial charge on any atom is 0.253 e. The lowest BCUT2D eigenvalue weighted by Gasteiger charge is -2.12. The monoisotopic (exact) mass is 349 g/mol. The van der Waals surface area contributed by atoms with Crippen molar-refractivity contribution in [3.63, 3.8) is 0 Å². The summed E-state index contributed by atoms with van der Waals surface area (Å²) in [4.78, 5) is 16.5. The van der Waals surface area contributed by atoms with Crippen LogP contribution >= 0.6 is 0 Å². The van der Waals surface area contributed by atoms with Gasteiger partial charge in [0.2, 0.25) is 0 Å². The molecular formula is C21H20FN3O. The number of nitrogens with one attached hydrogen (secondary N) is 2. The number of anilines is 2. The molecule has 0 aliphatic rings. The fourth-order valence-corrected chi connectivity index (χ4v) is 2.66. The Hall–Kier alpha value is -3.21. The zero-order chi connectivity index (χ0) is 18.4. The van der Waals surface area contributed by atoms with Crippen LogP contribution in [-0.4, -0.2) is 10.9 Å². The van der Waals surface area contributed by atoms with E-state index in [0.29, 0.717) is 11.1 Å². The Kier molecular flexibility index (Phi) is 5.59. The lowest BCUT2D eigenvalue weighted by Crippen LogP contribution is -2.23. The van der Waals surface area contributed by atoms with E-state index in [0.717, 1.165) is 17.8 Å². The van der Waals surface area contributed by atoms with E-state index in [1.165, 1.54) is 17.8 Å². The molecule has 2 N–H and O–H groups in total. The van der Waals surface area contributed by atoms with Crippen molar-refractivity contribution in [2.75, 3.05) is 5.32 Å². The first-order chi connectivity index (χ1) is 12.7. The second-order valence-electron chi connectivity index (χ2n) is 5.87. The number of rotatable bonds is 6. The largest absolute Gasteiger partial charge is 0.354 e. The molecule has 0 fully saturated rings. The molecule has 0 aliphatic carbocycles. The van der Waals surface area contributed by atoms with Gasteiger partial charge in [-0.15, -0.1) is 0 Å². The third-order valence-corrected chi connectivity index (χ3v) is 4.07. The van der Waals surface area contributed by atoms with E-state index in [4.69, 9.17) is 0 Å². The minimum absolute atomic E-state index is 0.127. The summed E-state index contributed by atoms with van der Waals surface area (Å²) >= 11 is 0. The molecule has 0 radical (unpaired) electrons. The minimum atomic E-state index is -0.336. The number of para-hydroxylation sites is 1. The summed E-state index contributed by atoms with van der Waals surface area (Å²) in [7, 11) is 0. The molecule has 0 bridgehead atoms. The van der Waals surface area contributed by atoms with Crippen LogP contribution in [0.2, 0.25) is 0 Å². The summed E-state index contributed by atoms with van der Waals surface area (Å²) in [6.45, 7) is 2.22. The van der Waals surface area contributed by atoms with Crippen LogP contribution in [0.15, 0.2) is 67.0 Å². The van der Waals surface area contributed by atoms with Gasteiger partial charge in [-0.25, -0.2) is 4.39 Å². The molecule has 1 amide bonds. The highest BCUT2D eigenvalue weighted by molar-refractivity contribution is 5.94. The second-order valence-corrected chi connectivity index (χ2v) is 5.87. The lowest BCUT2D eigenvalue weighted by atomic mass is 10.1. The first kappa shape index (κ1) is 17.6. The Bertz CT molecular complexity index is 911. The van der Waals surface area contributed by atoms with E-state index >= 15 is 0 Å². The van der Waals surface area contributed by atoms with Gasteiger partial charge in [0, 0.05) is 24.0 Å². The number of halogens is 1. The Balaban J connectivity index is 1.70. The number of aromatic nitrogens is 1. The third kappa shape index (κ3) is 4.25. The van der Waals surface area contributed by atoms with Gasteiger partial charge in [0.05, 0.1) is 17.4 Å². The zero-order valence-corrected chi connectivity index (χ0v) is 14.5. The smallest absolute Gasteiger partial charge is 0.253 e. The second kappa shape index (κ2) is 8.25. The summed E-state index contributed by atoms with van der Waals surface area (Å²) in [6.07, 6.45) is 4.06. The summed E-state index contributed by atoms with van der Waals surface area (Å²) < 4.78 is 13.6. The van der Waals surface area contributed by atoms with E-state index in [9.17, 15) is 9.18 Å². The number of pyridine rings is 1. The third-order valence-electron chi connectivity index (χ3n) is 4.07. The van der Waals surface area contributed by atoms with Crippen molar-refractivity contribution in [3.05, 3.63) is 89.5 Å². The van der Waals surface area contributed by atoms with Crippen molar-refractivity contribution in [2.24, 2.45) is 0 Å². The predicted octanol–water partition coefficient (Wildman–Crippen LogP) is 4.46. The Morgan fingerprint density at radius 1 is 1.04 bits per heavy atom. The van der Waals surface area contributed by atoms with Gasteiger partial charge >= 0.3 is 0 Å². The minimum Gasteiger partial charge on any atom is -0.354 e. The number of carbonyl (C=O) groups is 1. The molecule has 0 saturated heterocycles. The van der Waals surface area contributed by atoms with Crippen LogP contribution in [0.5, 0.6) is 0 Å². The molecule has 3 aromatic rings. The van der Waals surface area contributed by atoms with E-state index in [-0.39, 0.29) is 18.3 Å². The molecule has 3 rings (SSSR count). The highest BCUT2D eigenvalue weighted by Crippen LogP contribution is 2.21. The standard InChI is InChI=1S/C21H20FN3O/c1-2-15-7-4-6-10-20(15)25-18-11-17(12-23-14-18)21(26)24-13-16-8-3-5-9-19(16)22/h3-12,14,25H,2,13H2,1H3,(H,24,26). The van der Waals surface area contributed by atoms with Crippen molar-refractivity contribution in [1.29, 1.82) is 0 Å². The van der Waals surface area contributed by atoms with E-state index in [1.807, 2.05) is 18.2 Å². The highest BCUT2D eigenvalue weighted by atomic mass is 19.1. The number of nitrogens with zero attached hydrogens (tertiary/aromatic N) is 1. The highest BCUT2D eigenvalue weighted by Gasteiger charge is 2.09. The van der Waals surface area contributed by atoms with Crippen molar-refractivity contribution in [2.45, 2.75) is 19.9 Å². The molecule has 0 spiro atoms. The van der Waals surface area contributed by atoms with Crippen LogP contribution in [0.1, 0.15) is 28.4 Å². The average Bonchev–Trinajstić information content (AvgIpc) is 2.68. The number of benzene rings is 2. The molecule has 1 heterocycles. The fraction of sp³-hybridized carbons (Fsp3) is 0.143. The molecule has 0 aliphatic heterocycles. The van der Waals surface area contributed by atoms with Crippen LogP contribution in [0.3, 0.4) is 0 Å². The Labute approximate surface area is 152 Å². The van der Waals surface area contributed by atoms with Crippen molar-refractivity contribution in [1.82, 2.24) is 10.3 Å². The molecule has 4 nitrogen and oxygen atoms in total. The molecule has 2 aromatic carbocycles. The summed E-state index contributed by atoms with van der Waals surface area (Å²) in [5.41, 5.74) is 3.76. The van der Waals surface area contributed by atoms with E-state index < -0.39 is 0 Å². The predicted molar refractivity (Wildman–Crippen MR) is 101 cm³/mol. The molecule has 0 unspecified atom stereocenters. The van der Waals surface area contributed by atoms with Gasteiger partial charge in [-0.05, 0) is 30.2 Å². The van der Waals surface area contributed by atoms with Gasteiger partial charge in [0.25, 0.3) is 5.91 Å². The Morgan fingerprint density at radius 3 is 2.54 bits per heavy atom. The normalized spacial score (nSPS) is 10.4. The van der Waals surface area contributed by atoms with Gasteiger partial charge in [-0.3, -0.25) is 9.78 Å². The Morgan fingerprint density at radius 2 is 1.77 bits per heavy atom. The topological polar surface area (TPSA) is 54.0 Å². The molecule has 0 atom stereocenters. The van der Waals surface area contributed by atoms with Crippen molar-refractivity contribution < 1.29 is 9.18 Å². The SMILES string of the molecule is CCc1ccccc1Nc1cncc(C(=O)NCc2ccccc2F)c1. The molecular weight excluding hydrogens is 329 g/mol. The van der Waals surface area contributed by atoms with E-state index in [1.54, 1.807) is 30.5 Å². The van der Waals surface area contributed by atoms with Gasteiger partial charge in [0.15, 0.2) is 0 Å². The van der Waals surface area contributed by atoms with Crippen molar-refractivity contribution in [3.8, 4) is 0 Å². The first-order valence-corrected chi connectivity index (χ1v) is 8.49. The number of hydrogen-bond donors (Lipinski definition) is 2. The molecule has 0 saturated carbocycles. The van der Waals surface area contributed by atoms with Gasteiger partial charge in [-0.2, -0.15) is 0 Å². The summed E-state index contributed by atoms with van der Waals surface area (Å²) in [5.74, 6) is -0.634. The molecule has 5 heteroatoms. The molecule has 132 valence electrons.